The van der Waals surface area contributed by atoms with E-state index in [1.54, 1.807) is 31.4 Å². The minimum Gasteiger partial charge on any atom is -0.497 e. The highest BCUT2D eigenvalue weighted by atomic mass is 32.2. The molecule has 0 fully saturated rings. The number of methoxy groups -OCH3 is 2. The number of nitrogens with zero attached hydrogens (tertiary/aromatic N) is 1. The van der Waals surface area contributed by atoms with Crippen LogP contribution in [0.5, 0.6) is 5.75 Å². The lowest BCUT2D eigenvalue weighted by atomic mass is 9.88. The van der Waals surface area contributed by atoms with Gasteiger partial charge < -0.3 is 14.8 Å². The summed E-state index contributed by atoms with van der Waals surface area (Å²) in [4.78, 5) is 38.5. The molecule has 0 saturated carbocycles. The van der Waals surface area contributed by atoms with Crippen LogP contribution in [0.2, 0.25) is 0 Å². The van der Waals surface area contributed by atoms with E-state index in [1.165, 1.54) is 23.1 Å². The van der Waals surface area contributed by atoms with Gasteiger partial charge in [-0.2, -0.15) is 0 Å². The molecule has 0 radical (unpaired) electrons. The summed E-state index contributed by atoms with van der Waals surface area (Å²) >= 11 is 2.46. The highest BCUT2D eigenvalue weighted by molar-refractivity contribution is 7.99. The number of aromatic amines is 1. The number of aromatic nitrogens is 2. The van der Waals surface area contributed by atoms with E-state index < -0.39 is 11.6 Å². The van der Waals surface area contributed by atoms with Gasteiger partial charge in [0.25, 0.3) is 0 Å². The van der Waals surface area contributed by atoms with Gasteiger partial charge in [0.2, 0.25) is 11.6 Å². The molecule has 0 bridgehead atoms. The second kappa shape index (κ2) is 9.84. The highest BCUT2D eigenvalue weighted by Crippen LogP contribution is 2.40. The number of anilines is 1. The minimum absolute atomic E-state index is 0.0433. The van der Waals surface area contributed by atoms with Crippen LogP contribution in [0.25, 0.3) is 5.69 Å². The Balaban J connectivity index is 1.50. The summed E-state index contributed by atoms with van der Waals surface area (Å²) in [5, 5.41) is 6.11. The Hall–Kier alpha value is -3.05. The van der Waals surface area contributed by atoms with Gasteiger partial charge in [-0.05, 0) is 64.6 Å². The number of thioether (sulfide) groups is 1. The van der Waals surface area contributed by atoms with Gasteiger partial charge in [-0.25, -0.2) is 9.59 Å². The number of amides is 1. The number of esters is 1. The molecule has 33 heavy (non-hydrogen) atoms. The number of nitrogens with one attached hydrogen (secondary N) is 2. The fourth-order valence-corrected chi connectivity index (χ4v) is 5.93. The Kier molecular flexibility index (Phi) is 6.89. The van der Waals surface area contributed by atoms with Gasteiger partial charge >= 0.3 is 16.6 Å². The van der Waals surface area contributed by atoms with E-state index in [1.807, 2.05) is 0 Å². The maximum absolute atomic E-state index is 12.7. The summed E-state index contributed by atoms with van der Waals surface area (Å²) in [6.45, 7) is 2.18. The SMILES string of the molecule is COC(=O)c1c(NC(=O)CSc2c(=O)o[nH][n+]2-c2ccc(OC)cc2)sc2c1CCC(C)C2. The maximum Gasteiger partial charge on any atom is 0.442 e. The third-order valence-electron chi connectivity index (χ3n) is 5.43. The number of ether oxygens (including phenoxy) is 2. The van der Waals surface area contributed by atoms with Gasteiger partial charge in [0.15, 0.2) is 0 Å². The first kappa shape index (κ1) is 23.1. The number of benzene rings is 1. The number of carbonyl (C=O) groups is 2. The van der Waals surface area contributed by atoms with Crippen LogP contribution >= 0.6 is 23.1 Å². The third-order valence-corrected chi connectivity index (χ3v) is 7.63. The molecule has 2 heterocycles. The zero-order valence-electron chi connectivity index (χ0n) is 18.4. The second-order valence-corrected chi connectivity index (χ2v) is 9.77. The van der Waals surface area contributed by atoms with Gasteiger partial charge in [-0.15, -0.1) is 11.3 Å². The molecule has 0 aliphatic heterocycles. The lowest BCUT2D eigenvalue weighted by Gasteiger charge is -2.18. The topological polar surface area (TPSA) is 115 Å². The summed E-state index contributed by atoms with van der Waals surface area (Å²) in [7, 11) is 2.90. The first-order valence-electron chi connectivity index (χ1n) is 10.3. The summed E-state index contributed by atoms with van der Waals surface area (Å²) in [5.41, 5.74) is 1.48. The smallest absolute Gasteiger partial charge is 0.442 e. The molecule has 2 aromatic heterocycles. The predicted molar refractivity (Wildman–Crippen MR) is 124 cm³/mol. The zero-order chi connectivity index (χ0) is 23.5. The van der Waals surface area contributed by atoms with E-state index >= 15 is 0 Å². The van der Waals surface area contributed by atoms with Crippen molar-refractivity contribution in [3.8, 4) is 11.4 Å². The van der Waals surface area contributed by atoms with Crippen molar-refractivity contribution in [2.45, 2.75) is 31.2 Å². The molecule has 0 saturated heterocycles. The quantitative estimate of drug-likeness (QED) is 0.297. The average molecular weight is 491 g/mol. The number of rotatable bonds is 7. The number of hydrogen-bond donors (Lipinski definition) is 2. The fourth-order valence-electron chi connectivity index (χ4n) is 3.74. The van der Waals surface area contributed by atoms with E-state index in [-0.39, 0.29) is 16.7 Å². The lowest BCUT2D eigenvalue weighted by molar-refractivity contribution is -0.704. The molecule has 174 valence electrons. The maximum atomic E-state index is 12.7. The molecule has 1 aliphatic rings. The summed E-state index contributed by atoms with van der Waals surface area (Å²) in [5.74, 6) is 0.376. The molecule has 9 nitrogen and oxygen atoms in total. The van der Waals surface area contributed by atoms with Crippen molar-refractivity contribution in [2.24, 2.45) is 5.92 Å². The molecule has 1 unspecified atom stereocenters. The van der Waals surface area contributed by atoms with Crippen LogP contribution in [0, 0.1) is 5.92 Å². The molecule has 3 aromatic rings. The van der Waals surface area contributed by atoms with Crippen LogP contribution < -0.4 is 20.4 Å². The van der Waals surface area contributed by atoms with Gasteiger partial charge in [0.1, 0.15) is 10.8 Å². The van der Waals surface area contributed by atoms with E-state index in [0.717, 1.165) is 41.5 Å². The van der Waals surface area contributed by atoms with Crippen molar-refractivity contribution >= 4 is 40.0 Å². The Morgan fingerprint density at radius 3 is 2.76 bits per heavy atom. The standard InChI is InChI=1S/C22H23N3O6S2/c1-12-4-9-15-16(10-12)33-19(18(15)21(27)30-3)23-17(26)11-32-20-22(28)31-24-25(20)13-5-7-14(29-2)8-6-13/h5-8,12H,4,9-11H2,1-3H3,(H-,23,24,26,27,28)/p+1. The number of carbonyl (C=O) groups excluding carboxylic acids is 2. The van der Waals surface area contributed by atoms with Crippen molar-refractivity contribution in [1.82, 2.24) is 5.27 Å². The van der Waals surface area contributed by atoms with Gasteiger partial charge in [0, 0.05) is 17.0 Å². The first-order valence-corrected chi connectivity index (χ1v) is 12.1. The molecule has 11 heteroatoms. The number of H-pyrrole nitrogens is 1. The van der Waals surface area contributed by atoms with Crippen molar-refractivity contribution in [2.75, 3.05) is 25.3 Å². The van der Waals surface area contributed by atoms with Crippen LogP contribution in [0.4, 0.5) is 5.00 Å². The lowest BCUT2D eigenvalue weighted by Crippen LogP contribution is -2.36. The van der Waals surface area contributed by atoms with E-state index in [9.17, 15) is 14.4 Å². The molecule has 1 aliphatic carbocycles. The van der Waals surface area contributed by atoms with Crippen LogP contribution in [-0.2, 0) is 22.4 Å². The van der Waals surface area contributed by atoms with E-state index in [2.05, 4.69) is 17.5 Å². The fraction of sp³-hybridized carbons (Fsp3) is 0.364. The van der Waals surface area contributed by atoms with E-state index in [0.29, 0.717) is 27.9 Å². The Morgan fingerprint density at radius 1 is 1.30 bits per heavy atom. The van der Waals surface area contributed by atoms with Crippen LogP contribution in [0.1, 0.15) is 34.1 Å². The zero-order valence-corrected chi connectivity index (χ0v) is 20.1. The van der Waals surface area contributed by atoms with E-state index in [4.69, 9.17) is 14.0 Å². The Labute approximate surface area is 198 Å². The number of fused-ring (bicyclic) bond motifs is 1. The molecule has 1 amide bonds. The van der Waals surface area contributed by atoms with Crippen molar-refractivity contribution in [3.63, 3.8) is 0 Å². The molecule has 1 atom stereocenters. The molecular weight excluding hydrogens is 466 g/mol. The Bertz CT molecular complexity index is 1230. The molecule has 0 spiro atoms. The first-order chi connectivity index (χ1) is 15.9. The predicted octanol–water partition coefficient (Wildman–Crippen LogP) is 2.96. The largest absolute Gasteiger partial charge is 0.497 e. The van der Waals surface area contributed by atoms with Crippen molar-refractivity contribution < 1.29 is 28.3 Å². The average Bonchev–Trinajstić information content (AvgIpc) is 3.36. The van der Waals surface area contributed by atoms with Crippen molar-refractivity contribution in [1.29, 1.82) is 0 Å². The molecule has 4 rings (SSSR count). The summed E-state index contributed by atoms with van der Waals surface area (Å²) in [6.07, 6.45) is 2.65. The number of hydrogen-bond acceptors (Lipinski definition) is 8. The molecule has 2 N–H and O–H groups in total. The normalized spacial score (nSPS) is 15.1. The van der Waals surface area contributed by atoms with Crippen LogP contribution in [-0.4, -0.2) is 37.1 Å². The van der Waals surface area contributed by atoms with Crippen LogP contribution in [0.3, 0.4) is 0 Å². The molecule has 1 aromatic carbocycles. The summed E-state index contributed by atoms with van der Waals surface area (Å²) in [6, 6.07) is 7.02. The van der Waals surface area contributed by atoms with Gasteiger partial charge in [-0.3, -0.25) is 9.32 Å². The Morgan fingerprint density at radius 2 is 2.06 bits per heavy atom. The third kappa shape index (κ3) is 4.83. The minimum atomic E-state index is -0.584. The molecular formula is C22H24N3O6S2+. The van der Waals surface area contributed by atoms with Gasteiger partial charge in [0.05, 0.1) is 25.5 Å². The van der Waals surface area contributed by atoms with Crippen LogP contribution in [0.15, 0.2) is 38.6 Å². The summed E-state index contributed by atoms with van der Waals surface area (Å²) < 4.78 is 16.5. The highest BCUT2D eigenvalue weighted by Gasteiger charge is 2.30. The monoisotopic (exact) mass is 490 g/mol. The number of thiophene rings is 1. The van der Waals surface area contributed by atoms with Gasteiger partial charge in [-0.1, -0.05) is 6.92 Å². The second-order valence-electron chi connectivity index (χ2n) is 7.70. The van der Waals surface area contributed by atoms with Crippen molar-refractivity contribution in [3.05, 3.63) is 50.7 Å².